The Morgan fingerprint density at radius 3 is 2.85 bits per heavy atom. The van der Waals surface area contributed by atoms with Gasteiger partial charge in [0, 0.05) is 6.54 Å². The fraction of sp³-hybridized carbons (Fsp3) is 0.889. The number of carbonyl (C=O) groups is 1. The van der Waals surface area contributed by atoms with E-state index in [9.17, 15) is 9.90 Å². The van der Waals surface area contributed by atoms with E-state index in [1.807, 2.05) is 4.90 Å². The minimum Gasteiger partial charge on any atom is -0.468 e. The van der Waals surface area contributed by atoms with Gasteiger partial charge >= 0.3 is 5.97 Å². The van der Waals surface area contributed by atoms with Crippen molar-refractivity contribution in [1.29, 1.82) is 0 Å². The molecule has 4 unspecified atom stereocenters. The van der Waals surface area contributed by atoms with Gasteiger partial charge in [0.05, 0.1) is 13.2 Å². The van der Waals surface area contributed by atoms with Gasteiger partial charge in [-0.2, -0.15) is 0 Å². The van der Waals surface area contributed by atoms with Crippen LogP contribution in [0.1, 0.15) is 12.8 Å². The van der Waals surface area contributed by atoms with Crippen molar-refractivity contribution in [2.45, 2.75) is 25.0 Å². The second-order valence-corrected chi connectivity index (χ2v) is 3.89. The lowest BCUT2D eigenvalue weighted by Gasteiger charge is -2.46. The Balaban J connectivity index is 2.06. The third kappa shape index (κ3) is 1.44. The summed E-state index contributed by atoms with van der Waals surface area (Å²) in [7, 11) is 1.42. The smallest absolute Gasteiger partial charge is 0.323 e. The zero-order chi connectivity index (χ0) is 9.42. The predicted molar refractivity (Wildman–Crippen MR) is 46.1 cm³/mol. The number of methoxy groups -OCH3 is 1. The summed E-state index contributed by atoms with van der Waals surface area (Å²) < 4.78 is 4.72. The molecule has 3 aliphatic rings. The third-order valence-corrected chi connectivity index (χ3v) is 3.19. The third-order valence-electron chi connectivity index (χ3n) is 3.19. The Kier molecular flexibility index (Phi) is 2.26. The van der Waals surface area contributed by atoms with Crippen LogP contribution in [0.3, 0.4) is 0 Å². The number of hydrogen-bond acceptors (Lipinski definition) is 4. The first-order chi connectivity index (χ1) is 6.22. The summed E-state index contributed by atoms with van der Waals surface area (Å²) in [6, 6.07) is -0.104. The Hall–Kier alpha value is -0.610. The van der Waals surface area contributed by atoms with Crippen molar-refractivity contribution < 1.29 is 14.6 Å². The molecule has 3 fully saturated rings. The van der Waals surface area contributed by atoms with Crippen molar-refractivity contribution in [2.24, 2.45) is 5.92 Å². The molecule has 13 heavy (non-hydrogen) atoms. The molecule has 3 aliphatic heterocycles. The normalized spacial score (nSPS) is 43.2. The van der Waals surface area contributed by atoms with E-state index in [0.717, 1.165) is 19.4 Å². The first-order valence-electron chi connectivity index (χ1n) is 4.72. The molecule has 1 N–H and O–H groups in total. The fourth-order valence-electron chi connectivity index (χ4n) is 2.38. The Bertz CT molecular complexity index is 219. The molecule has 0 radical (unpaired) electrons. The molecule has 0 aromatic carbocycles. The van der Waals surface area contributed by atoms with Crippen LogP contribution in [-0.4, -0.2) is 48.3 Å². The number of aliphatic hydroxyl groups is 1. The maximum absolute atomic E-state index is 11.3. The lowest BCUT2D eigenvalue weighted by Crippen LogP contribution is -2.58. The van der Waals surface area contributed by atoms with E-state index in [1.54, 1.807) is 0 Å². The summed E-state index contributed by atoms with van der Waals surface area (Å²) in [6.45, 7) is 1.55. The van der Waals surface area contributed by atoms with E-state index < -0.39 is 0 Å². The number of nitrogens with zero attached hydrogens (tertiary/aromatic N) is 1. The zero-order valence-electron chi connectivity index (χ0n) is 7.77. The second kappa shape index (κ2) is 3.27. The SMILES string of the molecule is COC(=O)C1CC2CCN1CC2O. The van der Waals surface area contributed by atoms with Crippen LogP contribution < -0.4 is 0 Å². The number of ether oxygens (including phenoxy) is 1. The van der Waals surface area contributed by atoms with Crippen LogP contribution >= 0.6 is 0 Å². The summed E-state index contributed by atoms with van der Waals surface area (Å²) in [5.74, 6) is 0.144. The quantitative estimate of drug-likeness (QED) is 0.565. The molecule has 4 atom stereocenters. The molecule has 0 saturated carbocycles. The van der Waals surface area contributed by atoms with Crippen molar-refractivity contribution >= 4 is 5.97 Å². The van der Waals surface area contributed by atoms with Gasteiger partial charge in [-0.25, -0.2) is 0 Å². The molecule has 2 bridgehead atoms. The van der Waals surface area contributed by atoms with E-state index in [0.29, 0.717) is 12.5 Å². The maximum atomic E-state index is 11.3. The highest BCUT2D eigenvalue weighted by atomic mass is 16.5. The lowest BCUT2D eigenvalue weighted by molar-refractivity contribution is -0.155. The molecule has 74 valence electrons. The van der Waals surface area contributed by atoms with Crippen LogP contribution in [0.15, 0.2) is 0 Å². The minimum atomic E-state index is -0.241. The molecule has 0 aromatic rings. The second-order valence-electron chi connectivity index (χ2n) is 3.89. The molecule has 4 nitrogen and oxygen atoms in total. The number of aliphatic hydroxyl groups excluding tert-OH is 1. The van der Waals surface area contributed by atoms with E-state index in [4.69, 9.17) is 4.74 Å². The van der Waals surface area contributed by atoms with Crippen molar-refractivity contribution in [3.8, 4) is 0 Å². The monoisotopic (exact) mass is 185 g/mol. The van der Waals surface area contributed by atoms with E-state index in [1.165, 1.54) is 7.11 Å². The molecule has 3 rings (SSSR count). The number of carbonyl (C=O) groups excluding carboxylic acids is 1. The summed E-state index contributed by atoms with van der Waals surface area (Å²) in [5, 5.41) is 9.58. The molecule has 0 aromatic heterocycles. The minimum absolute atomic E-state index is 0.104. The molecular weight excluding hydrogens is 170 g/mol. The highest BCUT2D eigenvalue weighted by molar-refractivity contribution is 5.76. The summed E-state index contributed by atoms with van der Waals surface area (Å²) >= 11 is 0. The number of piperidine rings is 3. The van der Waals surface area contributed by atoms with Crippen molar-refractivity contribution in [2.75, 3.05) is 20.2 Å². The van der Waals surface area contributed by atoms with Crippen LogP contribution in [0.4, 0.5) is 0 Å². The van der Waals surface area contributed by atoms with Gasteiger partial charge in [-0.1, -0.05) is 0 Å². The summed E-state index contributed by atoms with van der Waals surface area (Å²) in [4.78, 5) is 13.3. The lowest BCUT2D eigenvalue weighted by atomic mass is 9.81. The van der Waals surface area contributed by atoms with Gasteiger partial charge in [0.2, 0.25) is 0 Å². The van der Waals surface area contributed by atoms with Gasteiger partial charge in [-0.15, -0.1) is 0 Å². The molecule has 3 heterocycles. The maximum Gasteiger partial charge on any atom is 0.323 e. The number of esters is 1. The molecular formula is C9H15NO3. The number of hydrogen-bond donors (Lipinski definition) is 1. The van der Waals surface area contributed by atoms with Crippen molar-refractivity contribution in [3.63, 3.8) is 0 Å². The van der Waals surface area contributed by atoms with Crippen molar-refractivity contribution in [3.05, 3.63) is 0 Å². The van der Waals surface area contributed by atoms with Crippen LogP contribution in [0, 0.1) is 5.92 Å². The summed E-state index contributed by atoms with van der Waals surface area (Å²) in [5.41, 5.74) is 0. The van der Waals surface area contributed by atoms with Gasteiger partial charge in [-0.3, -0.25) is 9.69 Å². The predicted octanol–water partition coefficient (Wildman–Crippen LogP) is -0.386. The molecule has 0 spiro atoms. The first kappa shape index (κ1) is 8.97. The van der Waals surface area contributed by atoms with Crippen LogP contribution in [0.25, 0.3) is 0 Å². The largest absolute Gasteiger partial charge is 0.468 e. The Morgan fingerprint density at radius 2 is 2.38 bits per heavy atom. The first-order valence-corrected chi connectivity index (χ1v) is 4.72. The van der Waals surface area contributed by atoms with Gasteiger partial charge in [0.25, 0.3) is 0 Å². The van der Waals surface area contributed by atoms with Gasteiger partial charge in [0.1, 0.15) is 6.04 Å². The average molecular weight is 185 g/mol. The Labute approximate surface area is 77.5 Å². The van der Waals surface area contributed by atoms with Gasteiger partial charge in [-0.05, 0) is 25.3 Å². The Morgan fingerprint density at radius 1 is 1.62 bits per heavy atom. The standard InChI is InChI=1S/C9H15NO3/c1-13-9(12)7-4-6-2-3-10(7)5-8(6)11/h6-8,11H,2-5H2,1H3. The van der Waals surface area contributed by atoms with Crippen molar-refractivity contribution in [1.82, 2.24) is 4.90 Å². The zero-order valence-corrected chi connectivity index (χ0v) is 7.77. The molecule has 0 amide bonds. The molecule has 0 aliphatic carbocycles. The van der Waals surface area contributed by atoms with Crippen LogP contribution in [-0.2, 0) is 9.53 Å². The number of fused-ring (bicyclic) bond motifs is 3. The van der Waals surface area contributed by atoms with Crippen LogP contribution in [0.2, 0.25) is 0 Å². The van der Waals surface area contributed by atoms with E-state index >= 15 is 0 Å². The van der Waals surface area contributed by atoms with Crippen LogP contribution in [0.5, 0.6) is 0 Å². The topological polar surface area (TPSA) is 49.8 Å². The summed E-state index contributed by atoms with van der Waals surface area (Å²) in [6.07, 6.45) is 1.53. The average Bonchev–Trinajstić information content (AvgIpc) is 2.17. The highest BCUT2D eigenvalue weighted by Crippen LogP contribution is 2.32. The highest BCUT2D eigenvalue weighted by Gasteiger charge is 2.42. The van der Waals surface area contributed by atoms with E-state index in [2.05, 4.69) is 0 Å². The number of rotatable bonds is 1. The fourth-order valence-corrected chi connectivity index (χ4v) is 2.38. The molecule has 4 heteroatoms. The molecule has 3 saturated heterocycles. The van der Waals surface area contributed by atoms with Gasteiger partial charge in [0.15, 0.2) is 0 Å². The van der Waals surface area contributed by atoms with E-state index in [-0.39, 0.29) is 18.1 Å². The van der Waals surface area contributed by atoms with Gasteiger partial charge < -0.3 is 9.84 Å².